The number of hydrogen-bond donors (Lipinski definition) is 2. The molecule has 0 amide bonds. The van der Waals surface area contributed by atoms with Crippen molar-refractivity contribution < 1.29 is 53.1 Å². The predicted molar refractivity (Wildman–Crippen MR) is 153 cm³/mol. The summed E-state index contributed by atoms with van der Waals surface area (Å²) in [5, 5.41) is 15.8. The molecule has 6 rings (SSSR count). The number of rotatable bonds is 3. The van der Waals surface area contributed by atoms with Crippen LogP contribution in [0.2, 0.25) is 0 Å². The number of methoxy groups -OCH3 is 2. The first-order valence-corrected chi connectivity index (χ1v) is 14.4. The number of benzene rings is 1. The molecule has 3 aliphatic carbocycles. The average molecular weight is 603 g/mol. The van der Waals surface area contributed by atoms with Crippen LogP contribution in [0, 0.1) is 22.7 Å². The van der Waals surface area contributed by atoms with E-state index in [0.717, 1.165) is 18.1 Å². The highest BCUT2D eigenvalue weighted by Gasteiger charge is 2.72. The molecule has 2 saturated carbocycles. The Balaban J connectivity index is 0.000000272. The highest BCUT2D eigenvalue weighted by Crippen LogP contribution is 2.64. The third kappa shape index (κ3) is 5.36. The Morgan fingerprint density at radius 3 is 2.14 bits per heavy atom. The van der Waals surface area contributed by atoms with E-state index in [4.69, 9.17) is 38.7 Å². The number of carbonyl (C=O) groups is 4. The molecule has 8 atom stereocenters. The third-order valence-electron chi connectivity index (χ3n) is 10.2. The molecule has 43 heavy (non-hydrogen) atoms. The lowest BCUT2D eigenvalue weighted by molar-refractivity contribution is -0.245. The molecule has 0 radical (unpaired) electrons. The molecule has 1 aromatic rings. The van der Waals surface area contributed by atoms with E-state index in [1.54, 1.807) is 44.6 Å². The molecule has 11 nitrogen and oxygen atoms in total. The molecule has 1 spiro atoms. The minimum atomic E-state index is -0.879. The molecule has 8 unspecified atom stereocenters. The van der Waals surface area contributed by atoms with Gasteiger partial charge in [0.1, 0.15) is 12.2 Å². The Morgan fingerprint density at radius 1 is 1.02 bits per heavy atom. The van der Waals surface area contributed by atoms with E-state index in [1.165, 1.54) is 0 Å². The Hall–Kier alpha value is -3.28. The second-order valence-corrected chi connectivity index (χ2v) is 12.6. The zero-order chi connectivity index (χ0) is 31.9. The van der Waals surface area contributed by atoms with E-state index < -0.39 is 40.6 Å². The molecule has 5 aliphatic rings. The molecular weight excluding hydrogens is 560 g/mol. The molecule has 2 saturated heterocycles. The van der Waals surface area contributed by atoms with Gasteiger partial charge in [-0.05, 0) is 43.9 Å². The number of ether oxygens (including phenoxy) is 5. The number of aromatic carboxylic acids is 1. The van der Waals surface area contributed by atoms with Crippen molar-refractivity contribution in [3.8, 4) is 0 Å². The van der Waals surface area contributed by atoms with Gasteiger partial charge in [-0.2, -0.15) is 0 Å². The van der Waals surface area contributed by atoms with Crippen LogP contribution in [0.15, 0.2) is 41.5 Å². The van der Waals surface area contributed by atoms with Crippen LogP contribution < -0.4 is 0 Å². The lowest BCUT2D eigenvalue weighted by Gasteiger charge is -2.62. The Labute approximate surface area is 251 Å². The highest BCUT2D eigenvalue weighted by molar-refractivity contribution is 5.93. The highest BCUT2D eigenvalue weighted by atomic mass is 16.8. The normalized spacial score (nSPS) is 36.6. The lowest BCUT2D eigenvalue weighted by atomic mass is 9.46. The van der Waals surface area contributed by atoms with E-state index in [-0.39, 0.29) is 35.9 Å². The fourth-order valence-corrected chi connectivity index (χ4v) is 8.01. The molecule has 0 aromatic heterocycles. The second kappa shape index (κ2) is 12.0. The largest absolute Gasteiger partial charge is 0.509 e. The molecule has 2 heterocycles. The minimum Gasteiger partial charge on any atom is -0.481 e. The lowest BCUT2D eigenvalue weighted by Crippen LogP contribution is -2.70. The van der Waals surface area contributed by atoms with Crippen molar-refractivity contribution in [3.63, 3.8) is 0 Å². The van der Waals surface area contributed by atoms with Gasteiger partial charge in [-0.25, -0.2) is 9.59 Å². The number of carboxylic acid groups (broad SMARTS) is 2. The Bertz CT molecular complexity index is 1280. The first-order chi connectivity index (χ1) is 20.1. The maximum atomic E-state index is 14.2. The van der Waals surface area contributed by atoms with Crippen molar-refractivity contribution in [3.05, 3.63) is 47.0 Å². The fourth-order valence-electron chi connectivity index (χ4n) is 8.01. The van der Waals surface area contributed by atoms with Gasteiger partial charge in [-0.15, -0.1) is 0 Å². The summed E-state index contributed by atoms with van der Waals surface area (Å²) in [6.07, 6.45) is -0.131. The van der Waals surface area contributed by atoms with Crippen molar-refractivity contribution >= 4 is 23.9 Å². The van der Waals surface area contributed by atoms with E-state index in [0.29, 0.717) is 31.4 Å². The first-order valence-electron chi connectivity index (χ1n) is 14.4. The zero-order valence-corrected chi connectivity index (χ0v) is 25.7. The van der Waals surface area contributed by atoms with Crippen LogP contribution in [-0.4, -0.2) is 84.9 Å². The molecule has 236 valence electrons. The maximum absolute atomic E-state index is 14.2. The van der Waals surface area contributed by atoms with E-state index in [9.17, 15) is 14.4 Å². The van der Waals surface area contributed by atoms with Gasteiger partial charge in [0.05, 0.1) is 29.8 Å². The van der Waals surface area contributed by atoms with Gasteiger partial charge >= 0.3 is 12.1 Å². The monoisotopic (exact) mass is 602 g/mol. The number of carboxylic acids is 2. The minimum absolute atomic E-state index is 0.0590. The average Bonchev–Trinajstić information content (AvgIpc) is 3.25. The Morgan fingerprint density at radius 2 is 1.65 bits per heavy atom. The summed E-state index contributed by atoms with van der Waals surface area (Å²) >= 11 is 0. The van der Waals surface area contributed by atoms with Crippen LogP contribution in [0.25, 0.3) is 0 Å². The molecule has 2 aliphatic heterocycles. The Kier molecular flexibility index (Phi) is 9.12. The van der Waals surface area contributed by atoms with Crippen molar-refractivity contribution in [1.29, 1.82) is 0 Å². The number of hydrogen-bond acceptors (Lipinski definition) is 9. The molecular formula is C32H42O11. The molecule has 11 heteroatoms. The van der Waals surface area contributed by atoms with Gasteiger partial charge in [0, 0.05) is 45.3 Å². The summed E-state index contributed by atoms with van der Waals surface area (Å²) in [5.74, 6) is -1.48. The summed E-state index contributed by atoms with van der Waals surface area (Å²) in [5.41, 5.74) is 0.0632. The molecule has 2 bridgehead atoms. The fraction of sp³-hybridized carbons (Fsp3) is 0.625. The summed E-state index contributed by atoms with van der Waals surface area (Å²) in [6, 6.07) is 8.30. The van der Waals surface area contributed by atoms with Crippen LogP contribution in [-0.2, 0) is 33.3 Å². The van der Waals surface area contributed by atoms with Crippen molar-refractivity contribution in [2.24, 2.45) is 22.7 Å². The topological polar surface area (TPSA) is 155 Å². The van der Waals surface area contributed by atoms with Crippen molar-refractivity contribution in [2.75, 3.05) is 20.8 Å². The summed E-state index contributed by atoms with van der Waals surface area (Å²) < 4.78 is 29.4. The first kappa shape index (κ1) is 32.6. The van der Waals surface area contributed by atoms with E-state index >= 15 is 0 Å². The SMILES string of the molecule is CC(=O)O.COC1C(=O)C2(C)C(OC)CC3OCC3C2CC23OC(=O)OC2CC(C)=C1C3(C)C.O=C(O)c1ccccc1. The standard InChI is InChI=1S/C23H32O7.C7H6O2.C2H4O2/c1-11-7-16-23(30-20(25)29-16)9-13-12-10-28-14(12)8-15(26-5)22(13,4)19(24)18(27-6)17(11)21(23,2)3;8-7(9)6-4-2-1-3-5-6;1-2(3)4/h12-16,18H,7-10H2,1-6H3;1-5H,(H,8,9);1H3,(H,3,4). The number of aliphatic carboxylic acids is 1. The number of Topliss-reactive ketones (excluding diaryl/α,β-unsaturated/α-hetero) is 1. The van der Waals surface area contributed by atoms with Crippen LogP contribution >= 0.6 is 0 Å². The van der Waals surface area contributed by atoms with Gasteiger partial charge in [-0.3, -0.25) is 9.59 Å². The summed E-state index contributed by atoms with van der Waals surface area (Å²) in [6.45, 7) is 9.85. The quantitative estimate of drug-likeness (QED) is 0.370. The molecule has 2 N–H and O–H groups in total. The smallest absolute Gasteiger partial charge is 0.481 e. The zero-order valence-electron chi connectivity index (χ0n) is 25.7. The maximum Gasteiger partial charge on any atom is 0.509 e. The molecule has 4 fully saturated rings. The second-order valence-electron chi connectivity index (χ2n) is 12.6. The number of ketones is 1. The third-order valence-corrected chi connectivity index (χ3v) is 10.2. The van der Waals surface area contributed by atoms with Gasteiger partial charge in [-0.1, -0.05) is 37.6 Å². The van der Waals surface area contributed by atoms with Crippen LogP contribution in [0.4, 0.5) is 4.79 Å². The molecule has 1 aromatic carbocycles. The van der Waals surface area contributed by atoms with Gasteiger partial charge in [0.2, 0.25) is 0 Å². The number of fused-ring (bicyclic) bond motifs is 4. The predicted octanol–water partition coefficient (Wildman–Crippen LogP) is 4.53. The van der Waals surface area contributed by atoms with Crippen molar-refractivity contribution in [1.82, 2.24) is 0 Å². The van der Waals surface area contributed by atoms with Crippen molar-refractivity contribution in [2.45, 2.75) is 83.9 Å². The summed E-state index contributed by atoms with van der Waals surface area (Å²) in [4.78, 5) is 45.8. The van der Waals surface area contributed by atoms with E-state index in [2.05, 4.69) is 13.8 Å². The summed E-state index contributed by atoms with van der Waals surface area (Å²) in [7, 11) is 3.25. The van der Waals surface area contributed by atoms with Gasteiger partial charge in [0.25, 0.3) is 5.97 Å². The number of carbonyl (C=O) groups excluding carboxylic acids is 2. The van der Waals surface area contributed by atoms with Crippen LogP contribution in [0.5, 0.6) is 0 Å². The van der Waals surface area contributed by atoms with Gasteiger partial charge < -0.3 is 33.9 Å². The van der Waals surface area contributed by atoms with Crippen LogP contribution in [0.3, 0.4) is 0 Å². The van der Waals surface area contributed by atoms with Gasteiger partial charge in [0.15, 0.2) is 11.4 Å². The van der Waals surface area contributed by atoms with E-state index in [1.807, 2.05) is 13.8 Å². The van der Waals surface area contributed by atoms with Crippen LogP contribution in [0.1, 0.15) is 64.2 Å².